The maximum absolute atomic E-state index is 10.3. The molecule has 0 spiro atoms. The Morgan fingerprint density at radius 3 is 2.77 bits per heavy atom. The molecule has 1 aromatic rings. The van der Waals surface area contributed by atoms with Gasteiger partial charge in [-0.25, -0.2) is 4.79 Å². The van der Waals surface area contributed by atoms with Gasteiger partial charge in [-0.1, -0.05) is 0 Å². The zero-order chi connectivity index (χ0) is 9.84. The summed E-state index contributed by atoms with van der Waals surface area (Å²) in [6.07, 6.45) is 2.15. The number of hydrogen-bond acceptors (Lipinski definition) is 4. The van der Waals surface area contributed by atoms with Crippen molar-refractivity contribution in [1.82, 2.24) is 0 Å². The van der Waals surface area contributed by atoms with Gasteiger partial charge in [-0.2, -0.15) is 0 Å². The fourth-order valence-electron chi connectivity index (χ4n) is 0.701. The summed E-state index contributed by atoms with van der Waals surface area (Å²) in [6, 6.07) is 2.93. The van der Waals surface area contributed by atoms with Crippen molar-refractivity contribution in [1.29, 1.82) is 0 Å². The molecule has 0 fully saturated rings. The molecule has 0 atom stereocenters. The summed E-state index contributed by atoms with van der Waals surface area (Å²) in [5.41, 5.74) is -0.921. The van der Waals surface area contributed by atoms with E-state index in [-0.39, 0.29) is 5.76 Å². The lowest BCUT2D eigenvalue weighted by atomic mass is 10.3. The molecule has 0 aliphatic carbocycles. The van der Waals surface area contributed by atoms with Crippen LogP contribution in [-0.2, 0) is 4.79 Å². The maximum Gasteiger partial charge on any atom is 0.407 e. The van der Waals surface area contributed by atoms with Gasteiger partial charge in [0, 0.05) is 0 Å². The molecule has 0 aliphatic heterocycles. The Bertz CT molecular complexity index is 335. The van der Waals surface area contributed by atoms with Gasteiger partial charge < -0.3 is 9.52 Å². The lowest BCUT2D eigenvalue weighted by molar-refractivity contribution is -0.419. The van der Waals surface area contributed by atoms with E-state index >= 15 is 0 Å². The summed E-state index contributed by atoms with van der Waals surface area (Å²) in [4.78, 5) is 19.5. The van der Waals surface area contributed by atoms with Gasteiger partial charge in [0.05, 0.1) is 17.3 Å². The van der Waals surface area contributed by atoms with Crippen LogP contribution in [0.25, 0.3) is 6.08 Å². The third kappa shape index (κ3) is 2.16. The molecule has 0 aliphatic rings. The molecule has 13 heavy (non-hydrogen) atoms. The van der Waals surface area contributed by atoms with Crippen LogP contribution in [0, 0.1) is 10.1 Å². The van der Waals surface area contributed by atoms with Crippen molar-refractivity contribution in [2.24, 2.45) is 0 Å². The molecule has 1 rings (SSSR count). The maximum atomic E-state index is 10.3. The van der Waals surface area contributed by atoms with Crippen LogP contribution < -0.4 is 0 Å². The van der Waals surface area contributed by atoms with Crippen LogP contribution in [0.5, 0.6) is 0 Å². The van der Waals surface area contributed by atoms with E-state index in [1.54, 1.807) is 0 Å². The molecule has 0 saturated heterocycles. The van der Waals surface area contributed by atoms with Crippen LogP contribution in [0.15, 0.2) is 28.5 Å². The summed E-state index contributed by atoms with van der Waals surface area (Å²) in [7, 11) is 0. The standard InChI is InChI=1S/C7H5NO5/c9-7(10)6(8(11)12)4-5-2-1-3-13-5/h1-4H,(H,9,10)/b6-4+. The van der Waals surface area contributed by atoms with Crippen molar-refractivity contribution in [3.8, 4) is 0 Å². The number of furan rings is 1. The monoisotopic (exact) mass is 183 g/mol. The normalized spacial score (nSPS) is 11.2. The van der Waals surface area contributed by atoms with E-state index in [9.17, 15) is 14.9 Å². The Morgan fingerprint density at radius 1 is 1.69 bits per heavy atom. The summed E-state index contributed by atoms with van der Waals surface area (Å²) in [5, 5.41) is 18.6. The minimum absolute atomic E-state index is 0.133. The number of carboxylic acid groups (broad SMARTS) is 1. The van der Waals surface area contributed by atoms with Gasteiger partial charge in [0.2, 0.25) is 0 Å². The minimum Gasteiger partial charge on any atom is -0.473 e. The average molecular weight is 183 g/mol. The molecule has 68 valence electrons. The number of aliphatic carboxylic acids is 1. The highest BCUT2D eigenvalue weighted by molar-refractivity contribution is 5.88. The van der Waals surface area contributed by atoms with Gasteiger partial charge in [-0.15, -0.1) is 0 Å². The smallest absolute Gasteiger partial charge is 0.407 e. The second kappa shape index (κ2) is 3.53. The van der Waals surface area contributed by atoms with Crippen LogP contribution in [0.1, 0.15) is 5.76 Å². The topological polar surface area (TPSA) is 93.6 Å². The highest BCUT2D eigenvalue weighted by atomic mass is 16.6. The molecule has 0 bridgehead atoms. The van der Waals surface area contributed by atoms with Gasteiger partial charge in [0.15, 0.2) is 0 Å². The molecule has 1 N–H and O–H groups in total. The van der Waals surface area contributed by atoms with Crippen LogP contribution in [0.2, 0.25) is 0 Å². The lowest BCUT2D eigenvalue weighted by Gasteiger charge is -1.89. The van der Waals surface area contributed by atoms with E-state index < -0.39 is 16.6 Å². The first-order valence-corrected chi connectivity index (χ1v) is 3.24. The van der Waals surface area contributed by atoms with E-state index in [2.05, 4.69) is 0 Å². The van der Waals surface area contributed by atoms with Crippen molar-refractivity contribution in [2.75, 3.05) is 0 Å². The van der Waals surface area contributed by atoms with Crippen LogP contribution >= 0.6 is 0 Å². The van der Waals surface area contributed by atoms with Gasteiger partial charge in [0.1, 0.15) is 5.76 Å². The van der Waals surface area contributed by atoms with Crippen LogP contribution in [0.3, 0.4) is 0 Å². The highest BCUT2D eigenvalue weighted by Crippen LogP contribution is 2.07. The Balaban J connectivity index is 3.01. The van der Waals surface area contributed by atoms with Crippen molar-refractivity contribution in [3.63, 3.8) is 0 Å². The number of carboxylic acids is 1. The number of nitro groups is 1. The molecule has 0 unspecified atom stereocenters. The summed E-state index contributed by atoms with van der Waals surface area (Å²) in [6.45, 7) is 0. The number of rotatable bonds is 3. The van der Waals surface area contributed by atoms with Crippen LogP contribution in [-0.4, -0.2) is 16.0 Å². The zero-order valence-corrected chi connectivity index (χ0v) is 6.34. The third-order valence-electron chi connectivity index (χ3n) is 1.24. The van der Waals surface area contributed by atoms with Gasteiger partial charge >= 0.3 is 11.7 Å². The largest absolute Gasteiger partial charge is 0.473 e. The van der Waals surface area contributed by atoms with Crippen LogP contribution in [0.4, 0.5) is 0 Å². The predicted molar refractivity (Wildman–Crippen MR) is 41.3 cm³/mol. The molecule has 0 amide bonds. The Morgan fingerprint density at radius 2 is 2.38 bits per heavy atom. The van der Waals surface area contributed by atoms with Crippen molar-refractivity contribution >= 4 is 12.0 Å². The van der Waals surface area contributed by atoms with Crippen molar-refractivity contribution < 1.29 is 19.2 Å². The van der Waals surface area contributed by atoms with E-state index in [1.165, 1.54) is 18.4 Å². The molecular formula is C7H5NO5. The zero-order valence-electron chi connectivity index (χ0n) is 6.34. The second-order valence-electron chi connectivity index (χ2n) is 2.11. The molecule has 0 aromatic carbocycles. The number of carbonyl (C=O) groups is 1. The first-order chi connectivity index (χ1) is 6.11. The van der Waals surface area contributed by atoms with E-state index in [0.29, 0.717) is 0 Å². The predicted octanol–water partition coefficient (Wildman–Crippen LogP) is 0.982. The highest BCUT2D eigenvalue weighted by Gasteiger charge is 2.20. The van der Waals surface area contributed by atoms with Gasteiger partial charge in [0.25, 0.3) is 0 Å². The van der Waals surface area contributed by atoms with Crippen molar-refractivity contribution in [2.45, 2.75) is 0 Å². The summed E-state index contributed by atoms with van der Waals surface area (Å²) < 4.78 is 4.72. The number of hydrogen-bond donors (Lipinski definition) is 1. The van der Waals surface area contributed by atoms with Gasteiger partial charge in [-0.3, -0.25) is 10.1 Å². The number of nitrogens with zero attached hydrogens (tertiary/aromatic N) is 1. The fraction of sp³-hybridized carbons (Fsp3) is 0. The summed E-state index contributed by atoms with van der Waals surface area (Å²) >= 11 is 0. The molecule has 0 radical (unpaired) electrons. The molecule has 6 nitrogen and oxygen atoms in total. The van der Waals surface area contributed by atoms with Crippen molar-refractivity contribution in [3.05, 3.63) is 40.0 Å². The second-order valence-corrected chi connectivity index (χ2v) is 2.11. The molecule has 1 heterocycles. The summed E-state index contributed by atoms with van der Waals surface area (Å²) in [5.74, 6) is -1.46. The SMILES string of the molecule is O=C(O)/C(=C\c1ccco1)[N+](=O)[O-]. The molecule has 6 heteroatoms. The minimum atomic E-state index is -1.60. The molecule has 1 aromatic heterocycles. The quantitative estimate of drug-likeness (QED) is 0.428. The third-order valence-corrected chi connectivity index (χ3v) is 1.24. The fourth-order valence-corrected chi connectivity index (χ4v) is 0.701. The lowest BCUT2D eigenvalue weighted by Crippen LogP contribution is -2.09. The van der Waals surface area contributed by atoms with E-state index in [0.717, 1.165) is 6.08 Å². The van der Waals surface area contributed by atoms with E-state index in [1.807, 2.05) is 0 Å². The first kappa shape index (κ1) is 8.98. The van der Waals surface area contributed by atoms with Gasteiger partial charge in [-0.05, 0) is 12.1 Å². The Kier molecular flexibility index (Phi) is 2.44. The van der Waals surface area contributed by atoms with E-state index in [4.69, 9.17) is 9.52 Å². The molecular weight excluding hydrogens is 178 g/mol. The Labute approximate surface area is 72.2 Å². The Hall–Kier alpha value is -2.11. The molecule has 0 saturated carbocycles. The first-order valence-electron chi connectivity index (χ1n) is 3.24. The average Bonchev–Trinajstić information content (AvgIpc) is 2.50.